The number of nitrogens with zero attached hydrogens (tertiary/aromatic N) is 4. The fourth-order valence-electron chi connectivity index (χ4n) is 3.85. The number of benzene rings is 2. The van der Waals surface area contributed by atoms with Crippen LogP contribution in [-0.4, -0.2) is 55.9 Å². The number of aromatic amines is 1. The third-order valence-electron chi connectivity index (χ3n) is 5.45. The molecule has 0 unspecified atom stereocenters. The summed E-state index contributed by atoms with van der Waals surface area (Å²) in [4.78, 5) is 9.30. The molecule has 1 fully saturated rings. The average Bonchev–Trinajstić information content (AvgIpc) is 3.31. The Morgan fingerprint density at radius 2 is 1.90 bits per heavy atom. The molecular weight excluding hydrogens is 400 g/mol. The van der Waals surface area contributed by atoms with Crippen molar-refractivity contribution in [1.29, 1.82) is 0 Å². The molecule has 0 atom stereocenters. The normalized spacial score (nSPS) is 16.3. The summed E-state index contributed by atoms with van der Waals surface area (Å²) in [6.45, 7) is 4.10. The zero-order chi connectivity index (χ0) is 20.5. The van der Waals surface area contributed by atoms with E-state index in [1.54, 1.807) is 6.20 Å². The average molecular weight is 423 g/mol. The number of rotatable bonds is 3. The van der Waals surface area contributed by atoms with Crippen molar-refractivity contribution in [2.45, 2.75) is 0 Å². The summed E-state index contributed by atoms with van der Waals surface area (Å²) in [6.07, 6.45) is 3.65. The number of aromatic nitrogens is 2. The molecule has 0 spiro atoms. The van der Waals surface area contributed by atoms with Crippen LogP contribution in [0.15, 0.2) is 53.8 Å². The number of amidine groups is 1. The number of hydrogen-bond donors (Lipinski definition) is 2. The quantitative estimate of drug-likeness (QED) is 0.663. The van der Waals surface area contributed by atoms with Crippen LogP contribution < -0.4 is 15.1 Å². The Hall–Kier alpha value is -3.03. The second kappa shape index (κ2) is 8.01. The van der Waals surface area contributed by atoms with E-state index in [1.807, 2.05) is 19.3 Å². The number of hydrogen-bond acceptors (Lipinski definition) is 6. The number of halogens is 1. The summed E-state index contributed by atoms with van der Waals surface area (Å²) >= 11 is 6.60. The molecule has 7 nitrogen and oxygen atoms in total. The van der Waals surface area contributed by atoms with Gasteiger partial charge in [0, 0.05) is 43.3 Å². The third-order valence-corrected chi connectivity index (χ3v) is 5.74. The highest BCUT2D eigenvalue weighted by Crippen LogP contribution is 2.41. The number of nitrogens with one attached hydrogen (secondary N) is 2. The minimum Gasteiger partial charge on any atom is -0.378 e. The highest BCUT2D eigenvalue weighted by atomic mass is 35.5. The van der Waals surface area contributed by atoms with Crippen molar-refractivity contribution in [2.24, 2.45) is 4.99 Å². The van der Waals surface area contributed by atoms with Gasteiger partial charge in [-0.15, -0.1) is 0 Å². The van der Waals surface area contributed by atoms with Gasteiger partial charge in [-0.2, -0.15) is 5.10 Å². The Morgan fingerprint density at radius 1 is 1.10 bits per heavy atom. The first-order chi connectivity index (χ1) is 14.7. The van der Waals surface area contributed by atoms with E-state index < -0.39 is 0 Å². The van der Waals surface area contributed by atoms with E-state index in [2.05, 4.69) is 55.6 Å². The van der Waals surface area contributed by atoms with E-state index >= 15 is 0 Å². The second-order valence-corrected chi connectivity index (χ2v) is 7.91. The van der Waals surface area contributed by atoms with Crippen LogP contribution in [0.2, 0.25) is 5.02 Å². The number of morpholine rings is 1. The van der Waals surface area contributed by atoms with Crippen LogP contribution in [0.1, 0.15) is 0 Å². The van der Waals surface area contributed by atoms with Gasteiger partial charge < -0.3 is 19.9 Å². The number of anilines is 3. The van der Waals surface area contributed by atoms with Crippen LogP contribution in [0.25, 0.3) is 11.1 Å². The maximum Gasteiger partial charge on any atom is 0.126 e. The summed E-state index contributed by atoms with van der Waals surface area (Å²) in [6, 6.07) is 12.5. The number of likely N-dealkylation sites (N-methyl/N-ethyl adjacent to an activating group) is 1. The molecule has 8 heteroatoms. The predicted molar refractivity (Wildman–Crippen MR) is 122 cm³/mol. The molecule has 0 saturated carbocycles. The molecular formula is C22H23ClN6O. The van der Waals surface area contributed by atoms with Crippen molar-refractivity contribution in [2.75, 3.05) is 55.0 Å². The third kappa shape index (κ3) is 3.74. The molecule has 0 amide bonds. The van der Waals surface area contributed by atoms with Gasteiger partial charge in [0.25, 0.3) is 0 Å². The van der Waals surface area contributed by atoms with Crippen LogP contribution in [0, 0.1) is 0 Å². The van der Waals surface area contributed by atoms with Crippen molar-refractivity contribution in [1.82, 2.24) is 10.2 Å². The molecule has 2 aliphatic rings. The van der Waals surface area contributed by atoms with E-state index in [0.717, 1.165) is 60.3 Å². The number of aliphatic imine (C=N–C) groups is 1. The predicted octanol–water partition coefficient (Wildman–Crippen LogP) is 4.16. The minimum atomic E-state index is 0.622. The smallest absolute Gasteiger partial charge is 0.126 e. The molecule has 1 saturated heterocycles. The van der Waals surface area contributed by atoms with E-state index in [-0.39, 0.29) is 0 Å². The lowest BCUT2D eigenvalue weighted by Crippen LogP contribution is -2.36. The van der Waals surface area contributed by atoms with Gasteiger partial charge in [0.1, 0.15) is 11.5 Å². The minimum absolute atomic E-state index is 0.622. The van der Waals surface area contributed by atoms with Gasteiger partial charge in [-0.05, 0) is 42.0 Å². The number of fused-ring (bicyclic) bond motifs is 1. The molecule has 2 N–H and O–H groups in total. The standard InChI is InChI=1S/C22H23ClN6O/c1-28-14-21(26-17-2-4-18(5-3-17)29-6-8-30-9-7-29)27-22-19(23)10-15(11-20(22)28)16-12-24-25-13-16/h2-5,10-13H,6-9,14H2,1H3,(H,24,25)(H,26,27). The van der Waals surface area contributed by atoms with Crippen LogP contribution in [-0.2, 0) is 4.74 Å². The summed E-state index contributed by atoms with van der Waals surface area (Å²) in [7, 11) is 2.05. The molecule has 5 rings (SSSR count). The van der Waals surface area contributed by atoms with Gasteiger partial charge >= 0.3 is 0 Å². The van der Waals surface area contributed by atoms with E-state index in [4.69, 9.17) is 21.3 Å². The van der Waals surface area contributed by atoms with Crippen molar-refractivity contribution in [3.05, 3.63) is 53.8 Å². The maximum absolute atomic E-state index is 6.60. The van der Waals surface area contributed by atoms with Crippen molar-refractivity contribution >= 4 is 40.2 Å². The summed E-state index contributed by atoms with van der Waals surface area (Å²) < 4.78 is 5.43. The largest absolute Gasteiger partial charge is 0.378 e. The molecule has 0 bridgehead atoms. The maximum atomic E-state index is 6.60. The van der Waals surface area contributed by atoms with E-state index in [0.29, 0.717) is 11.6 Å². The molecule has 0 radical (unpaired) electrons. The van der Waals surface area contributed by atoms with Gasteiger partial charge in [-0.1, -0.05) is 11.6 Å². The molecule has 2 aromatic carbocycles. The van der Waals surface area contributed by atoms with Gasteiger partial charge in [0.15, 0.2) is 0 Å². The van der Waals surface area contributed by atoms with Crippen molar-refractivity contribution in [3.63, 3.8) is 0 Å². The van der Waals surface area contributed by atoms with Crippen molar-refractivity contribution in [3.8, 4) is 11.1 Å². The van der Waals surface area contributed by atoms with Gasteiger partial charge in [0.2, 0.25) is 0 Å². The molecule has 1 aromatic heterocycles. The molecule has 3 heterocycles. The Labute approximate surface area is 180 Å². The topological polar surface area (TPSA) is 68.8 Å². The summed E-state index contributed by atoms with van der Waals surface area (Å²) in [5, 5.41) is 10.9. The SMILES string of the molecule is CN1CC(Nc2ccc(N3CCOCC3)cc2)=Nc2c(Cl)cc(-c3cn[nH]c3)cc21. The Morgan fingerprint density at radius 3 is 2.63 bits per heavy atom. The van der Waals surface area contributed by atoms with Gasteiger partial charge in [-0.25, -0.2) is 4.99 Å². The van der Waals surface area contributed by atoms with Crippen molar-refractivity contribution < 1.29 is 4.74 Å². The highest BCUT2D eigenvalue weighted by Gasteiger charge is 2.21. The van der Waals surface area contributed by atoms with Crippen LogP contribution >= 0.6 is 11.6 Å². The summed E-state index contributed by atoms with van der Waals surface area (Å²) in [5.74, 6) is 0.863. The first kappa shape index (κ1) is 19.0. The monoisotopic (exact) mass is 422 g/mol. The zero-order valence-electron chi connectivity index (χ0n) is 16.7. The molecule has 3 aromatic rings. The zero-order valence-corrected chi connectivity index (χ0v) is 17.5. The Balaban J connectivity index is 1.37. The molecule has 2 aliphatic heterocycles. The highest BCUT2D eigenvalue weighted by molar-refractivity contribution is 6.34. The molecule has 154 valence electrons. The lowest BCUT2D eigenvalue weighted by atomic mass is 10.1. The Bertz CT molecular complexity index is 1060. The van der Waals surface area contributed by atoms with E-state index in [9.17, 15) is 0 Å². The van der Waals surface area contributed by atoms with Crippen LogP contribution in [0.4, 0.5) is 22.7 Å². The first-order valence-corrected chi connectivity index (χ1v) is 10.4. The fourth-order valence-corrected chi connectivity index (χ4v) is 4.11. The lowest BCUT2D eigenvalue weighted by molar-refractivity contribution is 0.122. The number of ether oxygens (including phenoxy) is 1. The molecule has 0 aliphatic carbocycles. The molecule has 30 heavy (non-hydrogen) atoms. The van der Waals surface area contributed by atoms with Crippen LogP contribution in [0.5, 0.6) is 0 Å². The number of H-pyrrole nitrogens is 1. The van der Waals surface area contributed by atoms with Gasteiger partial charge in [-0.3, -0.25) is 5.10 Å². The fraction of sp³-hybridized carbons (Fsp3) is 0.273. The van der Waals surface area contributed by atoms with Crippen LogP contribution in [0.3, 0.4) is 0 Å². The first-order valence-electron chi connectivity index (χ1n) is 9.98. The lowest BCUT2D eigenvalue weighted by Gasteiger charge is -2.29. The van der Waals surface area contributed by atoms with Gasteiger partial charge in [0.05, 0.1) is 36.7 Å². The Kier molecular flexibility index (Phi) is 5.06. The van der Waals surface area contributed by atoms with E-state index in [1.165, 1.54) is 5.69 Å². The summed E-state index contributed by atoms with van der Waals surface area (Å²) in [5.41, 5.74) is 6.03. The second-order valence-electron chi connectivity index (χ2n) is 7.50.